The first-order chi connectivity index (χ1) is 7.67. The maximum absolute atomic E-state index is 4.45. The van der Waals surface area contributed by atoms with Crippen LogP contribution in [0.1, 0.15) is 51.4 Å². The van der Waals surface area contributed by atoms with E-state index in [0.29, 0.717) is 6.04 Å². The normalized spacial score (nSPS) is 13.0. The number of rotatable bonds is 7. The molecule has 0 aliphatic rings. The van der Waals surface area contributed by atoms with Gasteiger partial charge in [-0.25, -0.2) is 0 Å². The molecule has 0 aliphatic carbocycles. The second-order valence-electron chi connectivity index (χ2n) is 4.53. The molecule has 0 aliphatic heterocycles. The lowest BCUT2D eigenvalue weighted by Gasteiger charge is -2.12. The highest BCUT2D eigenvalue weighted by Crippen LogP contribution is 2.05. The minimum atomic E-state index is 0.597. The maximum Gasteiger partial charge on any atom is 0.0625 e. The number of unbranched alkanes of at least 4 members (excludes halogenated alkanes) is 1. The number of nitrogens with zero attached hydrogens (tertiary/aromatic N) is 2. The van der Waals surface area contributed by atoms with Crippen molar-refractivity contribution in [2.75, 3.05) is 0 Å². The predicted molar refractivity (Wildman–Crippen MR) is 68.4 cm³/mol. The van der Waals surface area contributed by atoms with E-state index in [9.17, 15) is 0 Å². The van der Waals surface area contributed by atoms with E-state index >= 15 is 0 Å². The van der Waals surface area contributed by atoms with E-state index in [1.807, 2.05) is 11.7 Å². The molecule has 0 saturated heterocycles. The first-order valence-corrected chi connectivity index (χ1v) is 6.42. The molecule has 0 radical (unpaired) electrons. The van der Waals surface area contributed by atoms with Crippen molar-refractivity contribution in [2.45, 2.75) is 59.0 Å². The van der Waals surface area contributed by atoms with Gasteiger partial charge in [0, 0.05) is 19.6 Å². The van der Waals surface area contributed by atoms with Crippen molar-refractivity contribution in [1.82, 2.24) is 15.1 Å². The number of hydrogen-bond donors (Lipinski definition) is 1. The molecule has 1 rings (SSSR count). The van der Waals surface area contributed by atoms with Crippen molar-refractivity contribution in [3.63, 3.8) is 0 Å². The van der Waals surface area contributed by atoms with E-state index in [1.54, 1.807) is 0 Å². The molecule has 3 heteroatoms. The molecule has 92 valence electrons. The third kappa shape index (κ3) is 3.97. The highest BCUT2D eigenvalue weighted by Gasteiger charge is 2.05. The summed E-state index contributed by atoms with van der Waals surface area (Å²) in [4.78, 5) is 0. The first-order valence-electron chi connectivity index (χ1n) is 6.42. The van der Waals surface area contributed by atoms with Gasteiger partial charge < -0.3 is 5.32 Å². The standard InChI is InChI=1S/C13H25N3/c1-5-7-8-11(3)14-10-13-9-12(6-2)15-16(13)4/h9,11,14H,5-8,10H2,1-4H3. The lowest BCUT2D eigenvalue weighted by Crippen LogP contribution is -2.26. The van der Waals surface area contributed by atoms with E-state index in [-0.39, 0.29) is 0 Å². The average molecular weight is 223 g/mol. The number of nitrogens with one attached hydrogen (secondary N) is 1. The minimum absolute atomic E-state index is 0.597. The molecule has 0 spiro atoms. The molecule has 1 atom stereocenters. The Balaban J connectivity index is 2.38. The van der Waals surface area contributed by atoms with Gasteiger partial charge in [-0.15, -0.1) is 0 Å². The Morgan fingerprint density at radius 1 is 1.44 bits per heavy atom. The molecule has 1 aromatic heterocycles. The molecule has 0 bridgehead atoms. The second-order valence-corrected chi connectivity index (χ2v) is 4.53. The Bertz CT molecular complexity index is 304. The van der Waals surface area contributed by atoms with Gasteiger partial charge in [-0.1, -0.05) is 26.7 Å². The van der Waals surface area contributed by atoms with Gasteiger partial charge in [0.05, 0.1) is 11.4 Å². The third-order valence-electron chi connectivity index (χ3n) is 3.01. The SMILES string of the molecule is CCCCC(C)NCc1cc(CC)nn1C. The lowest BCUT2D eigenvalue weighted by atomic mass is 10.1. The fraction of sp³-hybridized carbons (Fsp3) is 0.769. The summed E-state index contributed by atoms with van der Waals surface area (Å²) >= 11 is 0. The van der Waals surface area contributed by atoms with Crippen molar-refractivity contribution >= 4 is 0 Å². The fourth-order valence-corrected chi connectivity index (χ4v) is 1.80. The van der Waals surface area contributed by atoms with Crippen molar-refractivity contribution < 1.29 is 0 Å². The summed E-state index contributed by atoms with van der Waals surface area (Å²) in [6.45, 7) is 7.56. The van der Waals surface area contributed by atoms with Crippen LogP contribution in [0.3, 0.4) is 0 Å². The highest BCUT2D eigenvalue weighted by molar-refractivity contribution is 5.09. The molecular formula is C13H25N3. The number of aryl methyl sites for hydroxylation is 2. The number of aromatic nitrogens is 2. The Labute approximate surface area is 99.2 Å². The molecule has 0 amide bonds. The average Bonchev–Trinajstić information content (AvgIpc) is 2.64. The Kier molecular flexibility index (Phi) is 5.53. The molecule has 1 unspecified atom stereocenters. The zero-order valence-electron chi connectivity index (χ0n) is 11.1. The van der Waals surface area contributed by atoms with Gasteiger partial charge >= 0.3 is 0 Å². The van der Waals surface area contributed by atoms with Gasteiger partial charge in [0.15, 0.2) is 0 Å². The second kappa shape index (κ2) is 6.69. The topological polar surface area (TPSA) is 29.9 Å². The molecule has 0 fully saturated rings. The van der Waals surface area contributed by atoms with Crippen molar-refractivity contribution in [2.24, 2.45) is 7.05 Å². The molecule has 3 nitrogen and oxygen atoms in total. The predicted octanol–water partition coefficient (Wildman–Crippen LogP) is 2.65. The summed E-state index contributed by atoms with van der Waals surface area (Å²) < 4.78 is 1.98. The summed E-state index contributed by atoms with van der Waals surface area (Å²) in [5.41, 5.74) is 2.46. The van der Waals surface area contributed by atoms with Crippen molar-refractivity contribution in [3.05, 3.63) is 17.5 Å². The van der Waals surface area contributed by atoms with Crippen LogP contribution in [0.25, 0.3) is 0 Å². The van der Waals surface area contributed by atoms with Gasteiger partial charge in [0.2, 0.25) is 0 Å². The molecule has 1 heterocycles. The van der Waals surface area contributed by atoms with Crippen LogP contribution in [0.5, 0.6) is 0 Å². The number of hydrogen-bond acceptors (Lipinski definition) is 2. The van der Waals surface area contributed by atoms with E-state index in [0.717, 1.165) is 13.0 Å². The van der Waals surface area contributed by atoms with Gasteiger partial charge in [0.25, 0.3) is 0 Å². The Morgan fingerprint density at radius 3 is 2.75 bits per heavy atom. The molecule has 1 aromatic rings. The largest absolute Gasteiger partial charge is 0.309 e. The van der Waals surface area contributed by atoms with Crippen LogP contribution in [0.15, 0.2) is 6.07 Å². The van der Waals surface area contributed by atoms with Gasteiger partial charge in [-0.3, -0.25) is 4.68 Å². The Hall–Kier alpha value is -0.830. The minimum Gasteiger partial charge on any atom is -0.309 e. The zero-order chi connectivity index (χ0) is 12.0. The quantitative estimate of drug-likeness (QED) is 0.770. The van der Waals surface area contributed by atoms with Crippen LogP contribution in [-0.4, -0.2) is 15.8 Å². The third-order valence-corrected chi connectivity index (χ3v) is 3.01. The summed E-state index contributed by atoms with van der Waals surface area (Å²) in [6.07, 6.45) is 4.85. The summed E-state index contributed by atoms with van der Waals surface area (Å²) in [5, 5.41) is 8.00. The van der Waals surface area contributed by atoms with Crippen LogP contribution in [0, 0.1) is 0 Å². The molecule has 16 heavy (non-hydrogen) atoms. The van der Waals surface area contributed by atoms with Gasteiger partial charge in [0.1, 0.15) is 0 Å². The van der Waals surface area contributed by atoms with E-state index in [4.69, 9.17) is 0 Å². The van der Waals surface area contributed by atoms with Crippen molar-refractivity contribution in [3.8, 4) is 0 Å². The first kappa shape index (κ1) is 13.2. The monoisotopic (exact) mass is 223 g/mol. The van der Waals surface area contributed by atoms with Crippen LogP contribution < -0.4 is 5.32 Å². The zero-order valence-corrected chi connectivity index (χ0v) is 11.1. The van der Waals surface area contributed by atoms with E-state index in [1.165, 1.54) is 30.7 Å². The van der Waals surface area contributed by atoms with E-state index in [2.05, 4.69) is 37.3 Å². The summed E-state index contributed by atoms with van der Waals surface area (Å²) in [6, 6.07) is 2.79. The summed E-state index contributed by atoms with van der Waals surface area (Å²) in [7, 11) is 2.02. The van der Waals surface area contributed by atoms with Crippen LogP contribution >= 0.6 is 0 Å². The highest BCUT2D eigenvalue weighted by atomic mass is 15.3. The lowest BCUT2D eigenvalue weighted by molar-refractivity contribution is 0.483. The van der Waals surface area contributed by atoms with Gasteiger partial charge in [-0.2, -0.15) is 5.10 Å². The smallest absolute Gasteiger partial charge is 0.0625 e. The van der Waals surface area contributed by atoms with Crippen molar-refractivity contribution in [1.29, 1.82) is 0 Å². The van der Waals surface area contributed by atoms with Crippen LogP contribution in [0.2, 0.25) is 0 Å². The summed E-state index contributed by atoms with van der Waals surface area (Å²) in [5.74, 6) is 0. The van der Waals surface area contributed by atoms with Gasteiger partial charge in [-0.05, 0) is 25.8 Å². The van der Waals surface area contributed by atoms with E-state index < -0.39 is 0 Å². The molecule has 1 N–H and O–H groups in total. The van der Waals surface area contributed by atoms with Crippen LogP contribution in [-0.2, 0) is 20.0 Å². The fourth-order valence-electron chi connectivity index (χ4n) is 1.80. The molecule has 0 saturated carbocycles. The maximum atomic E-state index is 4.45. The van der Waals surface area contributed by atoms with Crippen LogP contribution in [0.4, 0.5) is 0 Å². The Morgan fingerprint density at radius 2 is 2.19 bits per heavy atom. The molecular weight excluding hydrogens is 198 g/mol. The molecule has 0 aromatic carbocycles.